The van der Waals surface area contributed by atoms with E-state index < -0.39 is 65.0 Å². The summed E-state index contributed by atoms with van der Waals surface area (Å²) in [7, 11) is 4.70. The van der Waals surface area contributed by atoms with Crippen LogP contribution in [0.15, 0.2) is 53.8 Å². The molecule has 4 N–H and O–H groups in total. The van der Waals surface area contributed by atoms with Gasteiger partial charge in [-0.1, -0.05) is 50.6 Å². The van der Waals surface area contributed by atoms with E-state index in [0.717, 1.165) is 16.7 Å². The minimum absolute atomic E-state index is 0.00777. The summed E-state index contributed by atoms with van der Waals surface area (Å²) in [6, 6.07) is 3.85. The lowest BCUT2D eigenvalue weighted by Gasteiger charge is -2.42. The average molecular weight is 728 g/mol. The number of anilines is 1. The van der Waals surface area contributed by atoms with Gasteiger partial charge in [0, 0.05) is 44.2 Å². The number of rotatable bonds is 5. The van der Waals surface area contributed by atoms with Gasteiger partial charge < -0.3 is 39.4 Å². The highest BCUT2D eigenvalue weighted by molar-refractivity contribution is 6.27. The normalized spacial score (nSPS) is 34.6. The summed E-state index contributed by atoms with van der Waals surface area (Å²) in [5.74, 6) is -1.21. The summed E-state index contributed by atoms with van der Waals surface area (Å²) in [4.78, 5) is 41.8. The molecule has 1 aliphatic carbocycles. The molecule has 12 nitrogen and oxygen atoms in total. The number of carbonyl (C=O) groups is 3. The molecule has 4 bridgehead atoms. The quantitative estimate of drug-likeness (QED) is 0.216. The summed E-state index contributed by atoms with van der Waals surface area (Å²) < 4.78 is 29.5. The first-order chi connectivity index (χ1) is 24.0. The molecule has 4 aliphatic rings. The van der Waals surface area contributed by atoms with Gasteiger partial charge in [-0.05, 0) is 49.6 Å². The molecule has 2 fully saturated rings. The molecule has 3 aliphatic heterocycles. The molecule has 51 heavy (non-hydrogen) atoms. The highest BCUT2D eigenvalue weighted by Gasteiger charge is 2.64. The van der Waals surface area contributed by atoms with Crippen LogP contribution < -0.4 is 20.7 Å². The van der Waals surface area contributed by atoms with Gasteiger partial charge in [0.1, 0.15) is 29.7 Å². The molecule has 0 radical (unpaired) electrons. The third-order valence-electron chi connectivity index (χ3n) is 10.3. The summed E-state index contributed by atoms with van der Waals surface area (Å²) in [6.07, 6.45) is 5.64. The summed E-state index contributed by atoms with van der Waals surface area (Å²) in [5.41, 5.74) is 7.65. The number of esters is 1. The maximum atomic E-state index is 14.4. The predicted octanol–water partition coefficient (Wildman–Crippen LogP) is 4.91. The Balaban J connectivity index is 1.65. The smallest absolute Gasteiger partial charge is 0.409 e. The Morgan fingerprint density at radius 1 is 1.18 bits per heavy atom. The number of nitrogens with one attached hydrogen (secondary N) is 1. The lowest BCUT2D eigenvalue weighted by Crippen LogP contribution is -2.63. The van der Waals surface area contributed by atoms with Crippen molar-refractivity contribution < 1.29 is 43.2 Å². The molecule has 1 aromatic rings. The molecule has 0 spiro atoms. The fourth-order valence-electron chi connectivity index (χ4n) is 7.15. The number of fused-ring (bicyclic) bond motifs is 5. The van der Waals surface area contributed by atoms with E-state index in [-0.39, 0.29) is 18.7 Å². The SMILES string of the molecule is COc1cc2cc(c1C1=CC=C(N)CC1Cl)N(C)C(=O)C[C@H](OC(=O)C(C)C)[C@]1(C)O[C@H]1[C@H](C)[C@@H]1C[C@@](O)(NC(=O)O1)[C@H](OC)/C=C/C=C(\C)C2. The molecule has 2 amide bonds. The molecule has 2 saturated heterocycles. The first kappa shape index (κ1) is 38.4. The molecule has 8 atom stereocenters. The van der Waals surface area contributed by atoms with E-state index in [1.165, 1.54) is 7.11 Å². The van der Waals surface area contributed by atoms with E-state index in [4.69, 9.17) is 41.0 Å². The number of amides is 2. The second-order valence-electron chi connectivity index (χ2n) is 14.5. The number of nitrogens with two attached hydrogens (primary N) is 1. The van der Waals surface area contributed by atoms with Crippen LogP contribution in [0.4, 0.5) is 10.5 Å². The standard InChI is InChI=1S/C38H50ClN3O9/c1-20(2)35(44)50-31-18-32(43)42(6)27-15-23(16-28(47-7)33(27)25-13-12-24(40)17-26(25)39)14-21(3)10-9-11-30(48-8)38(46)19-29(49-36(45)41-38)22(4)34-37(31,5)51-34/h9-13,15-16,20,22,26,29-31,34,46H,14,17-19,40H2,1-8H3,(H,41,45)/b11-9+,21-10+/t22-,26?,29+,30-,31+,34+,37+,38+/m1/s1. The van der Waals surface area contributed by atoms with Gasteiger partial charge in [0.2, 0.25) is 5.91 Å². The van der Waals surface area contributed by atoms with Crippen molar-refractivity contribution in [1.82, 2.24) is 5.32 Å². The zero-order chi connectivity index (χ0) is 37.4. The van der Waals surface area contributed by atoms with Gasteiger partial charge in [-0.25, -0.2) is 4.79 Å². The molecular weight excluding hydrogens is 678 g/mol. The van der Waals surface area contributed by atoms with Crippen LogP contribution in [0, 0.1) is 11.8 Å². The number of alkyl carbamates (subject to hydrolysis) is 1. The molecular formula is C38H50ClN3O9. The van der Waals surface area contributed by atoms with Gasteiger partial charge in [0.05, 0.1) is 36.6 Å². The second-order valence-corrected chi connectivity index (χ2v) is 15.0. The minimum atomic E-state index is -1.79. The molecule has 3 heterocycles. The highest BCUT2D eigenvalue weighted by atomic mass is 35.5. The monoisotopic (exact) mass is 727 g/mol. The van der Waals surface area contributed by atoms with E-state index in [9.17, 15) is 19.5 Å². The van der Waals surface area contributed by atoms with Crippen LogP contribution in [-0.4, -0.2) is 85.5 Å². The van der Waals surface area contributed by atoms with Crippen LogP contribution >= 0.6 is 11.6 Å². The number of methoxy groups -OCH3 is 2. The largest absolute Gasteiger partial charge is 0.496 e. The third-order valence-corrected chi connectivity index (χ3v) is 10.6. The van der Waals surface area contributed by atoms with Crippen molar-refractivity contribution in [2.45, 2.75) is 101 Å². The van der Waals surface area contributed by atoms with Crippen LogP contribution in [0.2, 0.25) is 0 Å². The fraction of sp³-hybridized carbons (Fsp3) is 0.553. The number of benzene rings is 1. The summed E-state index contributed by atoms with van der Waals surface area (Å²) in [6.45, 7) is 9.01. The Hall–Kier alpha value is -3.84. The maximum absolute atomic E-state index is 14.4. The van der Waals surface area contributed by atoms with E-state index >= 15 is 0 Å². The topological polar surface area (TPSA) is 162 Å². The van der Waals surface area contributed by atoms with Gasteiger partial charge >= 0.3 is 12.1 Å². The Morgan fingerprint density at radius 2 is 1.90 bits per heavy atom. The number of nitrogens with zero attached hydrogens (tertiary/aromatic N) is 1. The Morgan fingerprint density at radius 3 is 2.55 bits per heavy atom. The first-order valence-corrected chi connectivity index (χ1v) is 17.7. The number of carbonyl (C=O) groups excluding carboxylic acids is 3. The van der Waals surface area contributed by atoms with E-state index in [2.05, 4.69) is 5.32 Å². The maximum Gasteiger partial charge on any atom is 0.409 e. The number of allylic oxidation sites excluding steroid dienone is 7. The lowest BCUT2D eigenvalue weighted by molar-refractivity contribution is -0.157. The molecule has 0 aromatic heterocycles. The van der Waals surface area contributed by atoms with Crippen LogP contribution in [0.25, 0.3) is 5.57 Å². The Labute approximate surface area is 304 Å². The molecule has 5 rings (SSSR count). The minimum Gasteiger partial charge on any atom is -0.496 e. The molecule has 0 saturated carbocycles. The van der Waals surface area contributed by atoms with E-state index in [1.54, 1.807) is 58.1 Å². The van der Waals surface area contributed by atoms with Crippen molar-refractivity contribution >= 4 is 40.8 Å². The number of hydrogen-bond acceptors (Lipinski definition) is 10. The predicted molar refractivity (Wildman–Crippen MR) is 193 cm³/mol. The van der Waals surface area contributed by atoms with Crippen molar-refractivity contribution in [3.63, 3.8) is 0 Å². The van der Waals surface area contributed by atoms with Gasteiger partial charge in [-0.3, -0.25) is 14.9 Å². The summed E-state index contributed by atoms with van der Waals surface area (Å²) >= 11 is 6.87. The van der Waals surface area contributed by atoms with Crippen molar-refractivity contribution in [2.75, 3.05) is 26.2 Å². The van der Waals surface area contributed by atoms with Gasteiger partial charge in [-0.2, -0.15) is 0 Å². The fourth-order valence-corrected chi connectivity index (χ4v) is 7.51. The molecule has 278 valence electrons. The molecule has 13 heteroatoms. The van der Waals surface area contributed by atoms with Crippen LogP contribution in [0.1, 0.15) is 65.0 Å². The zero-order valence-electron chi connectivity index (χ0n) is 30.5. The third kappa shape index (κ3) is 7.99. The van der Waals surface area contributed by atoms with Crippen molar-refractivity contribution in [3.05, 3.63) is 64.9 Å². The zero-order valence-corrected chi connectivity index (χ0v) is 31.3. The van der Waals surface area contributed by atoms with E-state index in [0.29, 0.717) is 35.5 Å². The number of ether oxygens (including phenoxy) is 5. The highest BCUT2D eigenvalue weighted by Crippen LogP contribution is 2.49. The van der Waals surface area contributed by atoms with E-state index in [1.807, 2.05) is 38.1 Å². The number of alkyl halides is 1. The van der Waals surface area contributed by atoms with Gasteiger partial charge in [0.15, 0.2) is 5.72 Å². The van der Waals surface area contributed by atoms with Crippen molar-refractivity contribution in [2.24, 2.45) is 17.6 Å². The first-order valence-electron chi connectivity index (χ1n) is 17.3. The lowest BCUT2D eigenvalue weighted by atomic mass is 9.83. The van der Waals surface area contributed by atoms with Crippen molar-refractivity contribution in [3.8, 4) is 5.75 Å². The van der Waals surface area contributed by atoms with Crippen LogP contribution in [0.3, 0.4) is 0 Å². The summed E-state index contributed by atoms with van der Waals surface area (Å²) in [5, 5.41) is 13.8. The number of epoxide rings is 1. The van der Waals surface area contributed by atoms with Crippen molar-refractivity contribution in [1.29, 1.82) is 0 Å². The van der Waals surface area contributed by atoms with Crippen LogP contribution in [0.5, 0.6) is 5.75 Å². The number of halogens is 1. The number of aliphatic hydroxyl groups is 1. The number of hydrogen-bond donors (Lipinski definition) is 3. The van der Waals surface area contributed by atoms with Gasteiger partial charge in [0.25, 0.3) is 0 Å². The van der Waals surface area contributed by atoms with Crippen LogP contribution in [-0.2, 0) is 35.0 Å². The second kappa shape index (κ2) is 15.0. The van der Waals surface area contributed by atoms with Gasteiger partial charge in [-0.15, -0.1) is 11.6 Å². The average Bonchev–Trinajstić information content (AvgIpc) is 3.76. The molecule has 1 aromatic carbocycles. The Bertz CT molecular complexity index is 1670. The molecule has 1 unspecified atom stereocenters. The Kier molecular flexibility index (Phi) is 11.3.